The van der Waals surface area contributed by atoms with Gasteiger partial charge in [-0.1, -0.05) is 93.5 Å². The van der Waals surface area contributed by atoms with Crippen LogP contribution < -0.4 is 31.9 Å². The second-order valence-electron chi connectivity index (χ2n) is 13.6. The van der Waals surface area contributed by atoms with Gasteiger partial charge in [-0.3, -0.25) is 33.7 Å². The first kappa shape index (κ1) is 48.9. The number of rotatable bonds is 14. The molecule has 54 heavy (non-hydrogen) atoms. The molecule has 2 unspecified atom stereocenters. The molecule has 3 rings (SSSR count). The van der Waals surface area contributed by atoms with Gasteiger partial charge in [0.25, 0.3) is 0 Å². The summed E-state index contributed by atoms with van der Waals surface area (Å²) >= 11 is 0. The minimum Gasteiger partial charge on any atom is -0.352 e. The van der Waals surface area contributed by atoms with Gasteiger partial charge in [0.15, 0.2) is 0 Å². The smallest absolute Gasteiger partial charge is 0.312 e. The third-order valence-electron chi connectivity index (χ3n) is 8.24. The maximum atomic E-state index is 12.8. The quantitative estimate of drug-likeness (QED) is 0.156. The van der Waals surface area contributed by atoms with Gasteiger partial charge >= 0.3 is 6.03 Å². The number of anilines is 2. The van der Waals surface area contributed by atoms with Gasteiger partial charge in [0.1, 0.15) is 11.8 Å². The molecule has 1 saturated heterocycles. The van der Waals surface area contributed by atoms with Crippen molar-refractivity contribution in [2.45, 2.75) is 108 Å². The number of imide groups is 1. The predicted octanol–water partition coefficient (Wildman–Crippen LogP) is 5.55. The Morgan fingerprint density at radius 1 is 0.815 bits per heavy atom. The molecule has 2 atom stereocenters. The molecule has 1 fully saturated rings. The Hall–Kier alpha value is -5.07. The number of carbonyl (C=O) groups is 7. The average molecular weight is 753 g/mol. The molecule has 300 valence electrons. The molecule has 7 amide bonds. The number of nitrogens with two attached hydrogens (primary N) is 1. The fourth-order valence-electron chi connectivity index (χ4n) is 4.71. The van der Waals surface area contributed by atoms with Crippen molar-refractivity contribution in [3.05, 3.63) is 59.7 Å². The van der Waals surface area contributed by atoms with Gasteiger partial charge in [0, 0.05) is 24.6 Å². The van der Waals surface area contributed by atoms with Gasteiger partial charge in [-0.15, -0.1) is 0 Å². The van der Waals surface area contributed by atoms with Crippen LogP contribution in [0.3, 0.4) is 0 Å². The van der Waals surface area contributed by atoms with Crippen LogP contribution in [0.2, 0.25) is 0 Å². The number of hydrogen-bond acceptors (Lipinski definition) is 7. The van der Waals surface area contributed by atoms with E-state index >= 15 is 0 Å². The Bertz CT molecular complexity index is 1500. The highest BCUT2D eigenvalue weighted by molar-refractivity contribution is 6.21. The molecule has 6 N–H and O–H groups in total. The molecule has 1 aliphatic heterocycles. The molecule has 0 spiro atoms. The molecule has 1 heterocycles. The van der Waals surface area contributed by atoms with Gasteiger partial charge in [0.05, 0.1) is 24.6 Å². The Balaban J connectivity index is 0.00000158. The van der Waals surface area contributed by atoms with E-state index in [1.165, 1.54) is 4.90 Å². The second kappa shape index (κ2) is 25.8. The Kier molecular flexibility index (Phi) is 23.4. The number of amides is 7. The zero-order chi connectivity index (χ0) is 41.5. The summed E-state index contributed by atoms with van der Waals surface area (Å²) in [6.07, 6.45) is 2.05. The number of primary amides is 1. The van der Waals surface area contributed by atoms with Crippen molar-refractivity contribution in [1.29, 1.82) is 0 Å². The number of nitrogens with one attached hydrogen (secondary N) is 4. The van der Waals surface area contributed by atoms with Crippen molar-refractivity contribution >= 4 is 52.7 Å². The normalized spacial score (nSPS) is 13.7. The SMILES string of the molecule is CC.CC(=O)C(C)C.CCCNC(N)=O.CCc1ccc(NC(=O)CNC(=O)C(NC(=O)Cc2ccc(N3C(=O)CC(C(C)C)C3=O)cc2)C(C)C)cc1. The lowest BCUT2D eigenvalue weighted by Gasteiger charge is -2.22. The highest BCUT2D eigenvalue weighted by Gasteiger charge is 2.40. The second-order valence-corrected chi connectivity index (χ2v) is 13.6. The van der Waals surface area contributed by atoms with E-state index < -0.39 is 18.0 Å². The first-order valence-corrected chi connectivity index (χ1v) is 18.9. The van der Waals surface area contributed by atoms with Crippen LogP contribution in [0.1, 0.15) is 100 Å². The Morgan fingerprint density at radius 3 is 1.76 bits per heavy atom. The largest absolute Gasteiger partial charge is 0.352 e. The molecule has 2 aromatic rings. The number of benzene rings is 2. The van der Waals surface area contributed by atoms with E-state index in [2.05, 4.69) is 21.3 Å². The number of hydrogen-bond donors (Lipinski definition) is 5. The Labute approximate surface area is 322 Å². The number of ketones is 1. The van der Waals surface area contributed by atoms with Crippen LogP contribution in [0, 0.1) is 23.7 Å². The lowest BCUT2D eigenvalue weighted by atomic mass is 9.94. The maximum absolute atomic E-state index is 12.8. The summed E-state index contributed by atoms with van der Waals surface area (Å²) in [5.74, 6) is -1.57. The first-order valence-electron chi connectivity index (χ1n) is 18.9. The van der Waals surface area contributed by atoms with Crippen molar-refractivity contribution < 1.29 is 33.6 Å². The average Bonchev–Trinajstić information content (AvgIpc) is 3.43. The minimum atomic E-state index is -0.818. The fraction of sp³-hybridized carbons (Fsp3) is 0.537. The number of Topliss-reactive ketones (excluding diaryl/α,β-unsaturated/α-hetero) is 1. The standard InChI is InChI=1S/C30H38N4O5.C5H10O.C4H10N2O.C2H6/c1-6-20-7-11-22(12-8-20)32-26(36)17-31-29(38)28(19(4)5)33-25(35)15-21-9-13-23(14-10-21)34-27(37)16-24(18(2)3)30(34)39;1-4(2)5(3)6;1-2-3-6-4(5)7;1-2/h7-14,18-19,24,28H,6,15-17H2,1-5H3,(H,31,38)(H,32,36)(H,33,35);4H,1-3H3;2-3H2,1H3,(H3,5,6,7);1-2H3. The lowest BCUT2D eigenvalue weighted by Crippen LogP contribution is -2.51. The summed E-state index contributed by atoms with van der Waals surface area (Å²) < 4.78 is 0. The van der Waals surface area contributed by atoms with Gasteiger partial charge in [-0.05, 0) is 67.0 Å². The van der Waals surface area contributed by atoms with Crippen molar-refractivity contribution in [2.75, 3.05) is 23.3 Å². The summed E-state index contributed by atoms with van der Waals surface area (Å²) in [5.41, 5.74) is 7.68. The van der Waals surface area contributed by atoms with Crippen molar-refractivity contribution in [2.24, 2.45) is 29.4 Å². The van der Waals surface area contributed by atoms with Gasteiger partial charge < -0.3 is 27.0 Å². The molecule has 1 aliphatic rings. The summed E-state index contributed by atoms with van der Waals surface area (Å²) in [6, 6.07) is 12.9. The maximum Gasteiger partial charge on any atom is 0.312 e. The predicted molar refractivity (Wildman–Crippen MR) is 215 cm³/mol. The van der Waals surface area contributed by atoms with Gasteiger partial charge in [-0.2, -0.15) is 0 Å². The zero-order valence-electron chi connectivity index (χ0n) is 34.1. The number of nitrogens with zero attached hydrogens (tertiary/aromatic N) is 1. The summed E-state index contributed by atoms with van der Waals surface area (Å²) in [6.45, 7) is 21.3. The number of urea groups is 1. The third kappa shape index (κ3) is 18.1. The summed E-state index contributed by atoms with van der Waals surface area (Å²) in [4.78, 5) is 84.1. The van der Waals surface area contributed by atoms with E-state index in [-0.39, 0.29) is 72.5 Å². The zero-order valence-corrected chi connectivity index (χ0v) is 34.1. The molecular formula is C41H64N6O7. The van der Waals surface area contributed by atoms with Crippen LogP contribution in [0.15, 0.2) is 48.5 Å². The van der Waals surface area contributed by atoms with Crippen LogP contribution >= 0.6 is 0 Å². The third-order valence-corrected chi connectivity index (χ3v) is 8.24. The van der Waals surface area contributed by atoms with Crippen LogP contribution in [-0.4, -0.2) is 60.5 Å². The van der Waals surface area contributed by atoms with Crippen LogP contribution in [-0.2, 0) is 41.6 Å². The van der Waals surface area contributed by atoms with E-state index in [9.17, 15) is 33.6 Å². The fourth-order valence-corrected chi connectivity index (χ4v) is 4.71. The number of aryl methyl sites for hydroxylation is 1. The minimum absolute atomic E-state index is 0.0154. The van der Waals surface area contributed by atoms with Gasteiger partial charge in [0.2, 0.25) is 29.5 Å². The molecule has 0 aliphatic carbocycles. The molecule has 2 aromatic carbocycles. The van der Waals surface area contributed by atoms with E-state index in [1.54, 1.807) is 31.2 Å². The lowest BCUT2D eigenvalue weighted by molar-refractivity contribution is -0.130. The van der Waals surface area contributed by atoms with Crippen molar-refractivity contribution in [3.63, 3.8) is 0 Å². The summed E-state index contributed by atoms with van der Waals surface area (Å²) in [5, 5.41) is 10.5. The van der Waals surface area contributed by atoms with Crippen LogP contribution in [0.4, 0.5) is 16.2 Å². The topological polar surface area (TPSA) is 197 Å². The molecule has 13 heteroatoms. The van der Waals surface area contributed by atoms with E-state index in [1.807, 2.05) is 93.5 Å². The molecule has 0 bridgehead atoms. The highest BCUT2D eigenvalue weighted by atomic mass is 16.2. The van der Waals surface area contributed by atoms with Crippen molar-refractivity contribution in [3.8, 4) is 0 Å². The summed E-state index contributed by atoms with van der Waals surface area (Å²) in [7, 11) is 0. The molecule has 0 radical (unpaired) electrons. The van der Waals surface area contributed by atoms with Crippen LogP contribution in [0.25, 0.3) is 0 Å². The first-order chi connectivity index (χ1) is 25.4. The van der Waals surface area contributed by atoms with E-state index in [0.717, 1.165) is 18.4 Å². The molecular weight excluding hydrogens is 688 g/mol. The highest BCUT2D eigenvalue weighted by Crippen LogP contribution is 2.30. The molecule has 0 saturated carbocycles. The number of carbonyl (C=O) groups excluding carboxylic acids is 7. The molecule has 13 nitrogen and oxygen atoms in total. The monoisotopic (exact) mass is 752 g/mol. The molecule has 0 aromatic heterocycles. The van der Waals surface area contributed by atoms with Gasteiger partial charge in [-0.25, -0.2) is 4.79 Å². The van der Waals surface area contributed by atoms with Crippen molar-refractivity contribution in [1.82, 2.24) is 16.0 Å². The van der Waals surface area contributed by atoms with E-state index in [0.29, 0.717) is 23.5 Å². The van der Waals surface area contributed by atoms with Crippen LogP contribution in [0.5, 0.6) is 0 Å². The Morgan fingerprint density at radius 2 is 1.35 bits per heavy atom. The van der Waals surface area contributed by atoms with E-state index in [4.69, 9.17) is 5.73 Å².